The predicted molar refractivity (Wildman–Crippen MR) is 85.1 cm³/mol. The fourth-order valence-corrected chi connectivity index (χ4v) is 2.51. The SMILES string of the molecule is O=C(CN1C(=O)COc2ccc(Cl)cc21)c1ccc(Cl)cc1. The highest BCUT2D eigenvalue weighted by Crippen LogP contribution is 2.34. The van der Waals surface area contributed by atoms with E-state index < -0.39 is 0 Å². The Morgan fingerprint density at radius 2 is 1.77 bits per heavy atom. The summed E-state index contributed by atoms with van der Waals surface area (Å²) in [5.41, 5.74) is 0.998. The number of hydrogen-bond acceptors (Lipinski definition) is 3. The number of nitrogens with zero attached hydrogens (tertiary/aromatic N) is 1. The van der Waals surface area contributed by atoms with Crippen LogP contribution < -0.4 is 9.64 Å². The number of anilines is 1. The number of carbonyl (C=O) groups excluding carboxylic acids is 2. The van der Waals surface area contributed by atoms with Crippen LogP contribution in [0.4, 0.5) is 5.69 Å². The van der Waals surface area contributed by atoms with E-state index in [0.29, 0.717) is 27.0 Å². The monoisotopic (exact) mass is 335 g/mol. The second kappa shape index (κ2) is 5.99. The molecular weight excluding hydrogens is 325 g/mol. The van der Waals surface area contributed by atoms with Crippen molar-refractivity contribution >= 4 is 40.6 Å². The minimum absolute atomic E-state index is 0.0723. The first-order chi connectivity index (χ1) is 10.5. The molecule has 0 saturated carbocycles. The van der Waals surface area contributed by atoms with Gasteiger partial charge in [-0.1, -0.05) is 23.2 Å². The van der Waals surface area contributed by atoms with Gasteiger partial charge in [0.25, 0.3) is 5.91 Å². The van der Waals surface area contributed by atoms with Crippen LogP contribution in [0, 0.1) is 0 Å². The molecule has 3 rings (SSSR count). The summed E-state index contributed by atoms with van der Waals surface area (Å²) in [6, 6.07) is 11.5. The summed E-state index contributed by atoms with van der Waals surface area (Å²) < 4.78 is 5.35. The van der Waals surface area contributed by atoms with E-state index in [1.165, 1.54) is 4.90 Å². The zero-order valence-electron chi connectivity index (χ0n) is 11.4. The molecule has 1 aliphatic rings. The number of fused-ring (bicyclic) bond motifs is 1. The topological polar surface area (TPSA) is 46.6 Å². The fraction of sp³-hybridized carbons (Fsp3) is 0.125. The van der Waals surface area contributed by atoms with Crippen LogP contribution in [-0.4, -0.2) is 24.8 Å². The quantitative estimate of drug-likeness (QED) is 0.805. The van der Waals surface area contributed by atoms with Gasteiger partial charge in [0.15, 0.2) is 12.4 Å². The van der Waals surface area contributed by atoms with Crippen molar-refractivity contribution in [3.63, 3.8) is 0 Å². The van der Waals surface area contributed by atoms with Gasteiger partial charge in [0.2, 0.25) is 0 Å². The maximum atomic E-state index is 12.4. The summed E-state index contributed by atoms with van der Waals surface area (Å²) in [6.45, 7) is -0.167. The van der Waals surface area contributed by atoms with Gasteiger partial charge < -0.3 is 4.74 Å². The molecule has 2 aromatic carbocycles. The highest BCUT2D eigenvalue weighted by molar-refractivity contribution is 6.31. The first kappa shape index (κ1) is 14.9. The average molecular weight is 336 g/mol. The van der Waals surface area contributed by atoms with Crippen LogP contribution in [-0.2, 0) is 4.79 Å². The predicted octanol–water partition coefficient (Wildman–Crippen LogP) is 3.60. The normalized spacial score (nSPS) is 13.5. The van der Waals surface area contributed by atoms with Gasteiger partial charge in [-0.3, -0.25) is 14.5 Å². The molecule has 0 aromatic heterocycles. The largest absolute Gasteiger partial charge is 0.482 e. The molecule has 1 aliphatic heterocycles. The lowest BCUT2D eigenvalue weighted by Gasteiger charge is -2.29. The lowest BCUT2D eigenvalue weighted by Crippen LogP contribution is -2.42. The van der Waals surface area contributed by atoms with E-state index >= 15 is 0 Å². The summed E-state index contributed by atoms with van der Waals surface area (Å²) in [7, 11) is 0. The van der Waals surface area contributed by atoms with Crippen LogP contribution in [0.15, 0.2) is 42.5 Å². The third-order valence-electron chi connectivity index (χ3n) is 3.33. The van der Waals surface area contributed by atoms with E-state index in [9.17, 15) is 9.59 Å². The Kier molecular flexibility index (Phi) is 4.05. The number of Topliss-reactive ketones (excluding diaryl/α,β-unsaturated/α-hetero) is 1. The molecule has 6 heteroatoms. The van der Waals surface area contributed by atoms with Gasteiger partial charge in [-0.15, -0.1) is 0 Å². The Labute approximate surface area is 137 Å². The van der Waals surface area contributed by atoms with Crippen LogP contribution in [0.2, 0.25) is 10.0 Å². The maximum absolute atomic E-state index is 12.4. The van der Waals surface area contributed by atoms with Crippen molar-refractivity contribution in [2.75, 3.05) is 18.1 Å². The standard InChI is InChI=1S/C16H11Cl2NO3/c17-11-3-1-10(2-4-11)14(20)8-19-13-7-12(18)5-6-15(13)22-9-16(19)21/h1-7H,8-9H2. The molecule has 0 aliphatic carbocycles. The summed E-state index contributed by atoms with van der Waals surface area (Å²) in [6.07, 6.45) is 0. The lowest BCUT2D eigenvalue weighted by molar-refractivity contribution is -0.121. The Balaban J connectivity index is 1.88. The molecule has 0 bridgehead atoms. The van der Waals surface area contributed by atoms with Crippen molar-refractivity contribution in [2.45, 2.75) is 0 Å². The van der Waals surface area contributed by atoms with Crippen molar-refractivity contribution in [3.8, 4) is 5.75 Å². The number of benzene rings is 2. The minimum Gasteiger partial charge on any atom is -0.482 e. The van der Waals surface area contributed by atoms with Gasteiger partial charge in [0.1, 0.15) is 5.75 Å². The Morgan fingerprint density at radius 1 is 1.09 bits per heavy atom. The van der Waals surface area contributed by atoms with E-state index in [4.69, 9.17) is 27.9 Å². The van der Waals surface area contributed by atoms with Crippen LogP contribution in [0.25, 0.3) is 0 Å². The van der Waals surface area contributed by atoms with E-state index in [2.05, 4.69) is 0 Å². The molecule has 1 heterocycles. The van der Waals surface area contributed by atoms with Crippen molar-refractivity contribution in [1.82, 2.24) is 0 Å². The number of ether oxygens (including phenoxy) is 1. The third-order valence-corrected chi connectivity index (χ3v) is 3.82. The maximum Gasteiger partial charge on any atom is 0.265 e. The smallest absolute Gasteiger partial charge is 0.265 e. The molecule has 0 spiro atoms. The summed E-state index contributed by atoms with van der Waals surface area (Å²) in [5.74, 6) is 0.0721. The van der Waals surface area contributed by atoms with Gasteiger partial charge in [-0.25, -0.2) is 0 Å². The van der Waals surface area contributed by atoms with Gasteiger partial charge >= 0.3 is 0 Å². The molecule has 22 heavy (non-hydrogen) atoms. The number of amides is 1. The zero-order chi connectivity index (χ0) is 15.7. The van der Waals surface area contributed by atoms with E-state index in [-0.39, 0.29) is 24.8 Å². The van der Waals surface area contributed by atoms with Crippen LogP contribution in [0.3, 0.4) is 0 Å². The molecule has 1 amide bonds. The van der Waals surface area contributed by atoms with E-state index in [1.807, 2.05) is 0 Å². The van der Waals surface area contributed by atoms with Crippen LogP contribution in [0.1, 0.15) is 10.4 Å². The van der Waals surface area contributed by atoms with Crippen LogP contribution in [0.5, 0.6) is 5.75 Å². The number of rotatable bonds is 3. The third kappa shape index (κ3) is 2.93. The first-order valence-electron chi connectivity index (χ1n) is 6.56. The molecule has 0 atom stereocenters. The molecule has 0 unspecified atom stereocenters. The summed E-state index contributed by atoms with van der Waals surface area (Å²) in [4.78, 5) is 25.8. The molecule has 0 fully saturated rings. The van der Waals surface area contributed by atoms with E-state index in [1.54, 1.807) is 42.5 Å². The summed E-state index contributed by atoms with van der Waals surface area (Å²) in [5, 5.41) is 1.03. The molecule has 0 N–H and O–H groups in total. The zero-order valence-corrected chi connectivity index (χ0v) is 12.9. The summed E-state index contributed by atoms with van der Waals surface area (Å²) >= 11 is 11.8. The first-order valence-corrected chi connectivity index (χ1v) is 7.31. The van der Waals surface area contributed by atoms with Crippen molar-refractivity contribution in [1.29, 1.82) is 0 Å². The number of ketones is 1. The lowest BCUT2D eigenvalue weighted by atomic mass is 10.1. The minimum atomic E-state index is -0.280. The number of hydrogen-bond donors (Lipinski definition) is 0. The number of carbonyl (C=O) groups is 2. The van der Waals surface area contributed by atoms with E-state index in [0.717, 1.165) is 0 Å². The fourth-order valence-electron chi connectivity index (χ4n) is 2.22. The van der Waals surface area contributed by atoms with Gasteiger partial charge in [-0.2, -0.15) is 0 Å². The molecule has 0 radical (unpaired) electrons. The van der Waals surface area contributed by atoms with Crippen molar-refractivity contribution < 1.29 is 14.3 Å². The average Bonchev–Trinajstić information content (AvgIpc) is 2.51. The molecule has 4 nitrogen and oxygen atoms in total. The van der Waals surface area contributed by atoms with Crippen molar-refractivity contribution in [2.24, 2.45) is 0 Å². The van der Waals surface area contributed by atoms with Gasteiger partial charge in [-0.05, 0) is 42.5 Å². The second-order valence-corrected chi connectivity index (χ2v) is 5.68. The molecule has 0 saturated heterocycles. The van der Waals surface area contributed by atoms with Crippen LogP contribution >= 0.6 is 23.2 Å². The number of halogens is 2. The molecule has 112 valence electrons. The highest BCUT2D eigenvalue weighted by atomic mass is 35.5. The second-order valence-electron chi connectivity index (χ2n) is 4.81. The Morgan fingerprint density at radius 3 is 2.50 bits per heavy atom. The Hall–Kier alpha value is -2.04. The molecular formula is C16H11Cl2NO3. The molecule has 2 aromatic rings. The van der Waals surface area contributed by atoms with Gasteiger partial charge in [0.05, 0.1) is 12.2 Å². The van der Waals surface area contributed by atoms with Crippen molar-refractivity contribution in [3.05, 3.63) is 58.1 Å². The highest BCUT2D eigenvalue weighted by Gasteiger charge is 2.27. The van der Waals surface area contributed by atoms with Gasteiger partial charge in [0, 0.05) is 15.6 Å². The Bertz CT molecular complexity index is 744.